The molecule has 2 aliphatic rings. The first kappa shape index (κ1) is 20.7. The van der Waals surface area contributed by atoms with Crippen molar-refractivity contribution >= 4 is 39.5 Å². The van der Waals surface area contributed by atoms with Crippen LogP contribution in [-0.4, -0.2) is 24.4 Å². The zero-order valence-electron chi connectivity index (χ0n) is 16.9. The number of nitrogens with one attached hydrogen (secondary N) is 1. The molecule has 0 radical (unpaired) electrons. The molecule has 0 unspecified atom stereocenters. The maximum atomic E-state index is 13.2. The summed E-state index contributed by atoms with van der Waals surface area (Å²) in [7, 11) is 0. The van der Waals surface area contributed by atoms with Crippen LogP contribution in [0.2, 0.25) is 0 Å². The standard InChI is InChI=1S/C24H25BrN2O3/c1-16-10-12-18(13-11-16)26-23(28)15-27-20-8-4-5-9-21(20)30-22(24(27)29)14-17-6-2-3-7-19(17)25/h2-9,14,16,18H,10-13,15H2,1H3,(H,26,28). The topological polar surface area (TPSA) is 58.6 Å². The number of anilines is 1. The summed E-state index contributed by atoms with van der Waals surface area (Å²) in [5.41, 5.74) is 1.44. The molecule has 2 aromatic rings. The molecular weight excluding hydrogens is 444 g/mol. The van der Waals surface area contributed by atoms with E-state index < -0.39 is 0 Å². The van der Waals surface area contributed by atoms with Crippen molar-refractivity contribution in [1.29, 1.82) is 0 Å². The van der Waals surface area contributed by atoms with Crippen LogP contribution < -0.4 is 15.0 Å². The summed E-state index contributed by atoms with van der Waals surface area (Å²) >= 11 is 3.50. The molecule has 5 nitrogen and oxygen atoms in total. The van der Waals surface area contributed by atoms with E-state index in [4.69, 9.17) is 4.74 Å². The van der Waals surface area contributed by atoms with E-state index in [9.17, 15) is 9.59 Å². The normalized spacial score (nSPS) is 22.4. The van der Waals surface area contributed by atoms with E-state index >= 15 is 0 Å². The smallest absolute Gasteiger partial charge is 0.294 e. The number of para-hydroxylation sites is 2. The highest BCUT2D eigenvalue weighted by atomic mass is 79.9. The van der Waals surface area contributed by atoms with Crippen LogP contribution in [0.25, 0.3) is 6.08 Å². The Morgan fingerprint density at radius 3 is 2.60 bits per heavy atom. The van der Waals surface area contributed by atoms with Crippen molar-refractivity contribution < 1.29 is 14.3 Å². The number of carbonyl (C=O) groups excluding carboxylic acids is 2. The Bertz CT molecular complexity index is 980. The number of fused-ring (bicyclic) bond motifs is 1. The van der Waals surface area contributed by atoms with E-state index in [1.54, 1.807) is 12.1 Å². The van der Waals surface area contributed by atoms with Gasteiger partial charge in [-0.1, -0.05) is 53.2 Å². The number of halogens is 1. The zero-order valence-corrected chi connectivity index (χ0v) is 18.5. The number of nitrogens with zero attached hydrogens (tertiary/aromatic N) is 1. The van der Waals surface area contributed by atoms with Crippen molar-refractivity contribution in [1.82, 2.24) is 5.32 Å². The van der Waals surface area contributed by atoms with Crippen molar-refractivity contribution in [2.45, 2.75) is 38.6 Å². The van der Waals surface area contributed by atoms with Gasteiger partial charge < -0.3 is 10.1 Å². The summed E-state index contributed by atoms with van der Waals surface area (Å²) in [4.78, 5) is 27.5. The summed E-state index contributed by atoms with van der Waals surface area (Å²) in [6, 6.07) is 15.1. The number of benzene rings is 2. The minimum atomic E-state index is -0.322. The third kappa shape index (κ3) is 4.59. The second-order valence-corrected chi connectivity index (χ2v) is 8.87. The van der Waals surface area contributed by atoms with Crippen LogP contribution in [0.15, 0.2) is 58.8 Å². The molecule has 0 aromatic heterocycles. The van der Waals surface area contributed by atoms with Gasteiger partial charge in [0.05, 0.1) is 5.69 Å². The Hall–Kier alpha value is -2.60. The number of carbonyl (C=O) groups is 2. The summed E-state index contributed by atoms with van der Waals surface area (Å²) in [6.07, 6.45) is 5.95. The predicted molar refractivity (Wildman–Crippen MR) is 121 cm³/mol. The van der Waals surface area contributed by atoms with Gasteiger partial charge in [-0.3, -0.25) is 14.5 Å². The fourth-order valence-electron chi connectivity index (χ4n) is 3.97. The molecule has 1 aliphatic carbocycles. The first-order valence-corrected chi connectivity index (χ1v) is 11.1. The highest BCUT2D eigenvalue weighted by molar-refractivity contribution is 9.10. The second kappa shape index (κ2) is 9.04. The number of rotatable bonds is 4. The SMILES string of the molecule is CC1CCC(NC(=O)CN2C(=O)C(=Cc3ccccc3Br)Oc3ccccc32)CC1. The number of ether oxygens (including phenoxy) is 1. The summed E-state index contributed by atoms with van der Waals surface area (Å²) < 4.78 is 6.76. The molecular formula is C24H25BrN2O3. The van der Waals surface area contributed by atoms with Gasteiger partial charge in [-0.25, -0.2) is 0 Å². The maximum absolute atomic E-state index is 13.2. The molecule has 1 heterocycles. The van der Waals surface area contributed by atoms with E-state index in [1.807, 2.05) is 42.5 Å². The summed E-state index contributed by atoms with van der Waals surface area (Å²) in [5, 5.41) is 3.11. The Kier molecular flexibility index (Phi) is 6.23. The number of hydrogen-bond donors (Lipinski definition) is 1. The van der Waals surface area contributed by atoms with Gasteiger partial charge in [0.2, 0.25) is 5.91 Å². The molecule has 2 aromatic carbocycles. The first-order chi connectivity index (χ1) is 14.5. The van der Waals surface area contributed by atoms with Gasteiger partial charge in [0, 0.05) is 10.5 Å². The number of amides is 2. The minimum absolute atomic E-state index is 0.0292. The lowest BCUT2D eigenvalue weighted by atomic mass is 9.87. The third-order valence-electron chi connectivity index (χ3n) is 5.71. The molecule has 30 heavy (non-hydrogen) atoms. The Balaban J connectivity index is 1.56. The average molecular weight is 469 g/mol. The van der Waals surface area contributed by atoms with E-state index in [-0.39, 0.29) is 30.2 Å². The second-order valence-electron chi connectivity index (χ2n) is 8.02. The van der Waals surface area contributed by atoms with E-state index in [1.165, 1.54) is 4.90 Å². The van der Waals surface area contributed by atoms with Crippen molar-refractivity contribution in [3.05, 3.63) is 64.3 Å². The Morgan fingerprint density at radius 1 is 1.13 bits per heavy atom. The van der Waals surface area contributed by atoms with E-state index in [0.717, 1.165) is 41.6 Å². The molecule has 156 valence electrons. The van der Waals surface area contributed by atoms with Gasteiger partial charge in [-0.05, 0) is 61.4 Å². The molecule has 0 atom stereocenters. The molecule has 1 saturated carbocycles. The molecule has 1 aliphatic heterocycles. The Morgan fingerprint density at radius 2 is 1.83 bits per heavy atom. The fraction of sp³-hybridized carbons (Fsp3) is 0.333. The summed E-state index contributed by atoms with van der Waals surface area (Å²) in [5.74, 6) is 1.02. The zero-order chi connectivity index (χ0) is 21.1. The molecule has 0 saturated heterocycles. The largest absolute Gasteiger partial charge is 0.449 e. The van der Waals surface area contributed by atoms with Crippen LogP contribution in [-0.2, 0) is 9.59 Å². The molecule has 0 bridgehead atoms. The fourth-order valence-corrected chi connectivity index (χ4v) is 4.37. The summed E-state index contributed by atoms with van der Waals surface area (Å²) in [6.45, 7) is 2.22. The monoisotopic (exact) mass is 468 g/mol. The first-order valence-electron chi connectivity index (χ1n) is 10.4. The van der Waals surface area contributed by atoms with Crippen molar-refractivity contribution in [2.24, 2.45) is 5.92 Å². The lowest BCUT2D eigenvalue weighted by molar-refractivity contribution is -0.124. The molecule has 6 heteroatoms. The van der Waals surface area contributed by atoms with Crippen LogP contribution in [0, 0.1) is 5.92 Å². The van der Waals surface area contributed by atoms with E-state index in [2.05, 4.69) is 28.2 Å². The molecule has 2 amide bonds. The van der Waals surface area contributed by atoms with Gasteiger partial charge in [-0.15, -0.1) is 0 Å². The number of hydrogen-bond acceptors (Lipinski definition) is 3. The third-order valence-corrected chi connectivity index (χ3v) is 6.43. The molecule has 4 rings (SSSR count). The predicted octanol–water partition coefficient (Wildman–Crippen LogP) is 4.91. The van der Waals surface area contributed by atoms with Crippen molar-refractivity contribution in [2.75, 3.05) is 11.4 Å². The molecule has 1 N–H and O–H groups in total. The van der Waals surface area contributed by atoms with Crippen molar-refractivity contribution in [3.63, 3.8) is 0 Å². The van der Waals surface area contributed by atoms with E-state index in [0.29, 0.717) is 11.4 Å². The van der Waals surface area contributed by atoms with Crippen LogP contribution in [0.5, 0.6) is 5.75 Å². The van der Waals surface area contributed by atoms with Gasteiger partial charge in [0.25, 0.3) is 5.91 Å². The lowest BCUT2D eigenvalue weighted by Gasteiger charge is -2.31. The van der Waals surface area contributed by atoms with Crippen LogP contribution in [0.4, 0.5) is 5.69 Å². The lowest BCUT2D eigenvalue weighted by Crippen LogP contribution is -2.47. The van der Waals surface area contributed by atoms with Crippen molar-refractivity contribution in [3.8, 4) is 5.75 Å². The Labute approximate surface area is 185 Å². The maximum Gasteiger partial charge on any atom is 0.294 e. The average Bonchev–Trinajstić information content (AvgIpc) is 2.74. The minimum Gasteiger partial charge on any atom is -0.449 e. The van der Waals surface area contributed by atoms with Crippen LogP contribution >= 0.6 is 15.9 Å². The molecule has 0 spiro atoms. The van der Waals surface area contributed by atoms with Gasteiger partial charge in [-0.2, -0.15) is 0 Å². The van der Waals surface area contributed by atoms with Gasteiger partial charge in [0.15, 0.2) is 11.5 Å². The van der Waals surface area contributed by atoms with Crippen LogP contribution in [0.1, 0.15) is 38.2 Å². The van der Waals surface area contributed by atoms with Crippen LogP contribution in [0.3, 0.4) is 0 Å². The van der Waals surface area contributed by atoms with Gasteiger partial charge >= 0.3 is 0 Å². The quantitative estimate of drug-likeness (QED) is 0.648. The molecule has 1 fully saturated rings. The highest BCUT2D eigenvalue weighted by Gasteiger charge is 2.32. The highest BCUT2D eigenvalue weighted by Crippen LogP contribution is 2.36. The van der Waals surface area contributed by atoms with Gasteiger partial charge in [0.1, 0.15) is 6.54 Å².